The number of carbonyl (C=O) groups is 2. The molecule has 5 heteroatoms. The minimum atomic E-state index is -1.16. The lowest BCUT2D eigenvalue weighted by atomic mass is 10.1. The fraction of sp³-hybridized carbons (Fsp3) is 0.111. The minimum absolute atomic E-state index is 0.0574. The smallest absolute Gasteiger partial charge is 0.337 e. The first kappa shape index (κ1) is 10.0. The highest BCUT2D eigenvalue weighted by Crippen LogP contribution is 2.21. The predicted octanol–water partition coefficient (Wildman–Crippen LogP) is 1.05. The van der Waals surface area contributed by atoms with E-state index in [1.807, 2.05) is 0 Å². The van der Waals surface area contributed by atoms with E-state index < -0.39 is 11.9 Å². The van der Waals surface area contributed by atoms with Crippen molar-refractivity contribution in [2.75, 3.05) is 5.32 Å². The zero-order chi connectivity index (χ0) is 10.7. The molecule has 0 fully saturated rings. The normalized spacial score (nSPS) is 9.50. The van der Waals surface area contributed by atoms with E-state index in [9.17, 15) is 9.59 Å². The van der Waals surface area contributed by atoms with Crippen LogP contribution < -0.4 is 5.32 Å². The van der Waals surface area contributed by atoms with Gasteiger partial charge in [0.15, 0.2) is 0 Å². The van der Waals surface area contributed by atoms with Gasteiger partial charge in [-0.25, -0.2) is 4.79 Å². The van der Waals surface area contributed by atoms with Gasteiger partial charge in [0.25, 0.3) is 0 Å². The molecule has 1 rings (SSSR count). The zero-order valence-electron chi connectivity index (χ0n) is 7.44. The molecule has 1 amide bonds. The fourth-order valence-corrected chi connectivity index (χ4v) is 1.01. The Bertz CT molecular complexity index is 386. The highest BCUT2D eigenvalue weighted by Gasteiger charge is 2.11. The number of aromatic hydroxyl groups is 1. The number of carboxylic acids is 1. The molecular formula is C9H9NO4. The largest absolute Gasteiger partial charge is 0.508 e. The molecule has 0 saturated carbocycles. The van der Waals surface area contributed by atoms with Crippen LogP contribution in [-0.2, 0) is 4.79 Å². The molecule has 0 spiro atoms. The average Bonchev–Trinajstić information content (AvgIpc) is 2.01. The molecule has 0 unspecified atom stereocenters. The van der Waals surface area contributed by atoms with Gasteiger partial charge in [0, 0.05) is 13.0 Å². The van der Waals surface area contributed by atoms with Gasteiger partial charge in [-0.3, -0.25) is 4.79 Å². The van der Waals surface area contributed by atoms with Gasteiger partial charge in [0.1, 0.15) is 5.75 Å². The SMILES string of the molecule is CC(=O)Nc1cc(O)ccc1C(=O)O. The van der Waals surface area contributed by atoms with Crippen molar-refractivity contribution in [3.05, 3.63) is 23.8 Å². The molecule has 1 aromatic carbocycles. The molecule has 0 heterocycles. The summed E-state index contributed by atoms with van der Waals surface area (Å²) in [6, 6.07) is 3.66. The van der Waals surface area contributed by atoms with Crippen molar-refractivity contribution in [1.29, 1.82) is 0 Å². The van der Waals surface area contributed by atoms with Gasteiger partial charge in [-0.1, -0.05) is 0 Å². The second-order valence-electron chi connectivity index (χ2n) is 2.72. The van der Waals surface area contributed by atoms with E-state index in [1.54, 1.807) is 0 Å². The Kier molecular flexibility index (Phi) is 2.71. The number of carboxylic acid groups (broad SMARTS) is 1. The molecule has 3 N–H and O–H groups in total. The van der Waals surface area contributed by atoms with E-state index in [0.717, 1.165) is 0 Å². The van der Waals surface area contributed by atoms with Crippen LogP contribution in [-0.4, -0.2) is 22.1 Å². The summed E-state index contributed by atoms with van der Waals surface area (Å²) >= 11 is 0. The molecule has 0 aliphatic heterocycles. The first-order chi connectivity index (χ1) is 6.50. The van der Waals surface area contributed by atoms with Crippen LogP contribution in [0.2, 0.25) is 0 Å². The minimum Gasteiger partial charge on any atom is -0.508 e. The number of nitrogens with one attached hydrogen (secondary N) is 1. The van der Waals surface area contributed by atoms with Crippen LogP contribution in [0.1, 0.15) is 17.3 Å². The summed E-state index contributed by atoms with van der Waals surface area (Å²) < 4.78 is 0. The number of aromatic carboxylic acids is 1. The van der Waals surface area contributed by atoms with Crippen LogP contribution in [0.5, 0.6) is 5.75 Å². The summed E-state index contributed by atoms with van der Waals surface area (Å²) in [5, 5.41) is 20.1. The number of hydrogen-bond acceptors (Lipinski definition) is 3. The summed E-state index contributed by atoms with van der Waals surface area (Å²) in [5.74, 6) is -1.65. The molecule has 0 bridgehead atoms. The molecule has 74 valence electrons. The van der Waals surface area contributed by atoms with Crippen LogP contribution in [0.15, 0.2) is 18.2 Å². The van der Waals surface area contributed by atoms with E-state index in [4.69, 9.17) is 10.2 Å². The topological polar surface area (TPSA) is 86.6 Å². The Morgan fingerprint density at radius 3 is 2.50 bits per heavy atom. The Balaban J connectivity index is 3.15. The Hall–Kier alpha value is -2.04. The number of carbonyl (C=O) groups excluding carboxylic acids is 1. The molecule has 0 aromatic heterocycles. The standard InChI is InChI=1S/C9H9NO4/c1-5(11)10-8-4-6(12)2-3-7(8)9(13)14/h2-4,12H,1H3,(H,10,11)(H,13,14). The lowest BCUT2D eigenvalue weighted by Crippen LogP contribution is -2.10. The quantitative estimate of drug-likeness (QED) is 0.658. The first-order valence-corrected chi connectivity index (χ1v) is 3.84. The van der Waals surface area contributed by atoms with Crippen molar-refractivity contribution in [2.24, 2.45) is 0 Å². The number of amides is 1. The number of phenols is 1. The molecule has 0 radical (unpaired) electrons. The van der Waals surface area contributed by atoms with Gasteiger partial charge in [-0.15, -0.1) is 0 Å². The lowest BCUT2D eigenvalue weighted by molar-refractivity contribution is -0.114. The second kappa shape index (κ2) is 3.78. The van der Waals surface area contributed by atoms with Crippen LogP contribution in [0, 0.1) is 0 Å². The van der Waals surface area contributed by atoms with Gasteiger partial charge in [-0.2, -0.15) is 0 Å². The molecule has 0 aliphatic rings. The van der Waals surface area contributed by atoms with Crippen LogP contribution in [0.25, 0.3) is 0 Å². The second-order valence-corrected chi connectivity index (χ2v) is 2.72. The Morgan fingerprint density at radius 2 is 2.00 bits per heavy atom. The summed E-state index contributed by atoms with van der Waals surface area (Å²) in [4.78, 5) is 21.4. The first-order valence-electron chi connectivity index (χ1n) is 3.84. The van der Waals surface area contributed by atoms with E-state index in [0.29, 0.717) is 0 Å². The maximum atomic E-state index is 10.7. The monoisotopic (exact) mass is 195 g/mol. The van der Waals surface area contributed by atoms with Crippen LogP contribution in [0.4, 0.5) is 5.69 Å². The van der Waals surface area contributed by atoms with Crippen molar-refractivity contribution in [3.63, 3.8) is 0 Å². The Labute approximate surface area is 80.0 Å². The molecule has 0 atom stereocenters. The maximum Gasteiger partial charge on any atom is 0.337 e. The van der Waals surface area contributed by atoms with Crippen molar-refractivity contribution >= 4 is 17.6 Å². The molecule has 1 aromatic rings. The van der Waals surface area contributed by atoms with E-state index in [2.05, 4.69) is 5.32 Å². The summed E-state index contributed by atoms with van der Waals surface area (Å²) in [6.07, 6.45) is 0. The van der Waals surface area contributed by atoms with Crippen LogP contribution in [0.3, 0.4) is 0 Å². The molecular weight excluding hydrogens is 186 g/mol. The third kappa shape index (κ3) is 2.22. The van der Waals surface area contributed by atoms with Gasteiger partial charge in [-0.05, 0) is 12.1 Å². The number of rotatable bonds is 2. The fourth-order valence-electron chi connectivity index (χ4n) is 1.01. The highest BCUT2D eigenvalue weighted by molar-refractivity contribution is 6.00. The third-order valence-electron chi connectivity index (χ3n) is 1.54. The number of phenolic OH excluding ortho intramolecular Hbond substituents is 1. The molecule has 14 heavy (non-hydrogen) atoms. The van der Waals surface area contributed by atoms with Gasteiger partial charge >= 0.3 is 5.97 Å². The lowest BCUT2D eigenvalue weighted by Gasteiger charge is -2.06. The van der Waals surface area contributed by atoms with Crippen molar-refractivity contribution in [2.45, 2.75) is 6.92 Å². The molecule has 0 aliphatic carbocycles. The summed E-state index contributed by atoms with van der Waals surface area (Å²) in [5.41, 5.74) is 0.0306. The maximum absolute atomic E-state index is 10.7. The number of benzene rings is 1. The van der Waals surface area contributed by atoms with E-state index >= 15 is 0 Å². The average molecular weight is 195 g/mol. The summed E-state index contributed by atoms with van der Waals surface area (Å²) in [7, 11) is 0. The molecule has 0 saturated heterocycles. The van der Waals surface area contributed by atoms with Crippen molar-refractivity contribution < 1.29 is 19.8 Å². The van der Waals surface area contributed by atoms with Gasteiger partial charge in [0.2, 0.25) is 5.91 Å². The summed E-state index contributed by atoms with van der Waals surface area (Å²) in [6.45, 7) is 1.26. The van der Waals surface area contributed by atoms with E-state index in [-0.39, 0.29) is 17.0 Å². The van der Waals surface area contributed by atoms with Crippen molar-refractivity contribution in [3.8, 4) is 5.75 Å². The van der Waals surface area contributed by atoms with Crippen LogP contribution >= 0.6 is 0 Å². The number of anilines is 1. The van der Waals surface area contributed by atoms with Crippen molar-refractivity contribution in [1.82, 2.24) is 0 Å². The highest BCUT2D eigenvalue weighted by atomic mass is 16.4. The van der Waals surface area contributed by atoms with Gasteiger partial charge in [0.05, 0.1) is 11.3 Å². The van der Waals surface area contributed by atoms with E-state index in [1.165, 1.54) is 25.1 Å². The van der Waals surface area contributed by atoms with Gasteiger partial charge < -0.3 is 15.5 Å². The predicted molar refractivity (Wildman–Crippen MR) is 49.4 cm³/mol. The third-order valence-corrected chi connectivity index (χ3v) is 1.54. The zero-order valence-corrected chi connectivity index (χ0v) is 7.44. The number of hydrogen-bond donors (Lipinski definition) is 3. The molecule has 5 nitrogen and oxygen atoms in total. The Morgan fingerprint density at radius 1 is 1.36 bits per heavy atom.